The molecular weight excluding hydrogens is 280 g/mol. The van der Waals surface area contributed by atoms with Gasteiger partial charge in [-0.15, -0.1) is 0 Å². The summed E-state index contributed by atoms with van der Waals surface area (Å²) in [4.78, 5) is 11.7. The van der Waals surface area contributed by atoms with Gasteiger partial charge in [-0.25, -0.2) is 4.79 Å². The molecule has 3 rings (SSSR count). The average Bonchev–Trinajstić information content (AvgIpc) is 2.67. The molecule has 2 aromatic carbocycles. The molecule has 1 unspecified atom stereocenters. The Morgan fingerprint density at radius 1 is 1.06 bits per heavy atom. The smallest absolute Gasteiger partial charge is 0.339 e. The van der Waals surface area contributed by atoms with Crippen LogP contribution in [0.15, 0.2) is 53.0 Å². The summed E-state index contributed by atoms with van der Waals surface area (Å²) in [5.41, 5.74) is 2.58. The Balaban J connectivity index is 2.13. The van der Waals surface area contributed by atoms with Crippen molar-refractivity contribution in [2.45, 2.75) is 6.10 Å². The number of cyclic esters (lactones) is 1. The van der Waals surface area contributed by atoms with Crippen LogP contribution in [0.3, 0.4) is 0 Å². The van der Waals surface area contributed by atoms with Crippen molar-refractivity contribution in [1.29, 1.82) is 0 Å². The van der Waals surface area contributed by atoms with E-state index >= 15 is 0 Å². The number of carbonyl (C=O) groups is 1. The van der Waals surface area contributed by atoms with Gasteiger partial charge in [0.2, 0.25) is 0 Å². The molecule has 0 aliphatic carbocycles. The molecule has 0 saturated heterocycles. The van der Waals surface area contributed by atoms with Gasteiger partial charge in [-0.1, -0.05) is 46.3 Å². The predicted molar refractivity (Wildman–Crippen MR) is 67.8 cm³/mol. The summed E-state index contributed by atoms with van der Waals surface area (Å²) in [6.07, 6.45) is -0.281. The molecule has 2 nitrogen and oxygen atoms in total. The molecule has 84 valence electrons. The maximum atomic E-state index is 11.7. The number of rotatable bonds is 1. The van der Waals surface area contributed by atoms with Crippen LogP contribution in [0, 0.1) is 0 Å². The monoisotopic (exact) mass is 288 g/mol. The van der Waals surface area contributed by atoms with Gasteiger partial charge in [-0.2, -0.15) is 0 Å². The molecule has 3 heteroatoms. The first-order valence-corrected chi connectivity index (χ1v) is 6.10. The average molecular weight is 289 g/mol. The lowest BCUT2D eigenvalue weighted by Gasteiger charge is -2.10. The summed E-state index contributed by atoms with van der Waals surface area (Å²) in [7, 11) is 0. The Hall–Kier alpha value is -1.61. The van der Waals surface area contributed by atoms with Crippen molar-refractivity contribution in [2.24, 2.45) is 0 Å². The maximum absolute atomic E-state index is 11.7. The quantitative estimate of drug-likeness (QED) is 0.748. The van der Waals surface area contributed by atoms with E-state index in [0.29, 0.717) is 5.56 Å². The first-order chi connectivity index (χ1) is 8.25. The second kappa shape index (κ2) is 4.00. The minimum atomic E-state index is -0.281. The van der Waals surface area contributed by atoms with Gasteiger partial charge in [0, 0.05) is 10.0 Å². The second-order valence-electron chi connectivity index (χ2n) is 3.93. The van der Waals surface area contributed by atoms with E-state index in [2.05, 4.69) is 15.9 Å². The van der Waals surface area contributed by atoms with Crippen molar-refractivity contribution in [3.63, 3.8) is 0 Å². The van der Waals surface area contributed by atoms with Crippen molar-refractivity contribution in [3.05, 3.63) is 69.7 Å². The SMILES string of the molecule is O=C1OC(c2ccccc2)c2cc(Br)ccc21. The number of halogens is 1. The highest BCUT2D eigenvalue weighted by atomic mass is 79.9. The van der Waals surface area contributed by atoms with Crippen LogP contribution in [0.1, 0.15) is 27.6 Å². The van der Waals surface area contributed by atoms with Crippen molar-refractivity contribution >= 4 is 21.9 Å². The number of fused-ring (bicyclic) bond motifs is 1. The first-order valence-electron chi connectivity index (χ1n) is 5.31. The Labute approximate surface area is 107 Å². The second-order valence-corrected chi connectivity index (χ2v) is 4.84. The van der Waals surface area contributed by atoms with Gasteiger partial charge in [-0.05, 0) is 23.8 Å². The normalized spacial score (nSPS) is 17.7. The summed E-state index contributed by atoms with van der Waals surface area (Å²) >= 11 is 3.42. The molecule has 1 aliphatic rings. The van der Waals surface area contributed by atoms with Crippen LogP contribution >= 0.6 is 15.9 Å². The van der Waals surface area contributed by atoms with Crippen LogP contribution < -0.4 is 0 Å². The van der Waals surface area contributed by atoms with E-state index in [0.717, 1.165) is 15.6 Å². The minimum Gasteiger partial charge on any atom is -0.449 e. The van der Waals surface area contributed by atoms with Crippen molar-refractivity contribution in [1.82, 2.24) is 0 Å². The van der Waals surface area contributed by atoms with E-state index in [1.54, 1.807) is 6.07 Å². The van der Waals surface area contributed by atoms with Gasteiger partial charge in [0.1, 0.15) is 0 Å². The molecule has 1 atom stereocenters. The fourth-order valence-electron chi connectivity index (χ4n) is 2.05. The Morgan fingerprint density at radius 3 is 2.59 bits per heavy atom. The number of esters is 1. The van der Waals surface area contributed by atoms with Crippen molar-refractivity contribution in [2.75, 3.05) is 0 Å². The molecule has 0 bridgehead atoms. The van der Waals surface area contributed by atoms with E-state index in [4.69, 9.17) is 4.74 Å². The number of carbonyl (C=O) groups excluding carboxylic acids is 1. The van der Waals surface area contributed by atoms with E-state index < -0.39 is 0 Å². The van der Waals surface area contributed by atoms with E-state index in [1.165, 1.54) is 0 Å². The zero-order chi connectivity index (χ0) is 11.8. The lowest BCUT2D eigenvalue weighted by Crippen LogP contribution is -2.00. The van der Waals surface area contributed by atoms with Crippen LogP contribution in [-0.2, 0) is 4.74 Å². The number of ether oxygens (including phenoxy) is 1. The molecule has 0 fully saturated rings. The standard InChI is InChI=1S/C14H9BrO2/c15-10-6-7-11-12(8-10)13(17-14(11)16)9-4-2-1-3-5-9/h1-8,13H. The number of hydrogen-bond acceptors (Lipinski definition) is 2. The van der Waals surface area contributed by atoms with Crippen LogP contribution in [0.25, 0.3) is 0 Å². The molecule has 0 N–H and O–H groups in total. The predicted octanol–water partition coefficient (Wildman–Crippen LogP) is 3.71. The maximum Gasteiger partial charge on any atom is 0.339 e. The molecule has 0 spiro atoms. The zero-order valence-electron chi connectivity index (χ0n) is 8.89. The van der Waals surface area contributed by atoms with Crippen molar-refractivity contribution in [3.8, 4) is 0 Å². The van der Waals surface area contributed by atoms with E-state index in [1.807, 2.05) is 42.5 Å². The van der Waals surface area contributed by atoms with Crippen LogP contribution in [0.4, 0.5) is 0 Å². The zero-order valence-corrected chi connectivity index (χ0v) is 10.5. The molecule has 2 aromatic rings. The molecule has 0 saturated carbocycles. The summed E-state index contributed by atoms with van der Waals surface area (Å²) in [5.74, 6) is -0.249. The largest absolute Gasteiger partial charge is 0.449 e. The first kappa shape index (κ1) is 10.5. The fourth-order valence-corrected chi connectivity index (χ4v) is 2.42. The van der Waals surface area contributed by atoms with Gasteiger partial charge in [0.25, 0.3) is 0 Å². The third kappa shape index (κ3) is 1.76. The summed E-state index contributed by atoms with van der Waals surface area (Å²) in [5, 5.41) is 0. The van der Waals surface area contributed by atoms with Crippen LogP contribution in [0.2, 0.25) is 0 Å². The fraction of sp³-hybridized carbons (Fsp3) is 0.0714. The van der Waals surface area contributed by atoms with Gasteiger partial charge in [0.05, 0.1) is 5.56 Å². The lowest BCUT2D eigenvalue weighted by atomic mass is 9.99. The van der Waals surface area contributed by atoms with Crippen LogP contribution in [-0.4, -0.2) is 5.97 Å². The topological polar surface area (TPSA) is 26.3 Å². The highest BCUT2D eigenvalue weighted by molar-refractivity contribution is 9.10. The van der Waals surface area contributed by atoms with E-state index in [-0.39, 0.29) is 12.1 Å². The van der Waals surface area contributed by atoms with E-state index in [9.17, 15) is 4.79 Å². The summed E-state index contributed by atoms with van der Waals surface area (Å²) in [6, 6.07) is 15.4. The Morgan fingerprint density at radius 2 is 1.82 bits per heavy atom. The molecule has 17 heavy (non-hydrogen) atoms. The third-order valence-corrected chi connectivity index (χ3v) is 3.34. The molecule has 1 heterocycles. The van der Waals surface area contributed by atoms with Gasteiger partial charge in [0.15, 0.2) is 6.10 Å². The number of benzene rings is 2. The highest BCUT2D eigenvalue weighted by Gasteiger charge is 2.31. The lowest BCUT2D eigenvalue weighted by molar-refractivity contribution is 0.0456. The molecule has 0 aromatic heterocycles. The molecule has 0 radical (unpaired) electrons. The van der Waals surface area contributed by atoms with Gasteiger partial charge < -0.3 is 4.74 Å². The Bertz CT molecular complexity index is 578. The van der Waals surface area contributed by atoms with Crippen molar-refractivity contribution < 1.29 is 9.53 Å². The van der Waals surface area contributed by atoms with Crippen LogP contribution in [0.5, 0.6) is 0 Å². The summed E-state index contributed by atoms with van der Waals surface area (Å²) < 4.78 is 6.37. The minimum absolute atomic E-state index is 0.249. The molecule has 1 aliphatic heterocycles. The third-order valence-electron chi connectivity index (χ3n) is 2.84. The van der Waals surface area contributed by atoms with Gasteiger partial charge in [-0.3, -0.25) is 0 Å². The molecular formula is C14H9BrO2. The highest BCUT2D eigenvalue weighted by Crippen LogP contribution is 2.36. The number of hydrogen-bond donors (Lipinski definition) is 0. The van der Waals surface area contributed by atoms with Gasteiger partial charge >= 0.3 is 5.97 Å². The molecule has 0 amide bonds. The Kier molecular flexibility index (Phi) is 2.48. The summed E-state index contributed by atoms with van der Waals surface area (Å²) in [6.45, 7) is 0.